The summed E-state index contributed by atoms with van der Waals surface area (Å²) in [5.41, 5.74) is 0.140. The molecule has 1 saturated carbocycles. The van der Waals surface area contributed by atoms with Gasteiger partial charge < -0.3 is 5.32 Å². The fraction of sp³-hybridized carbons (Fsp3) is 0.500. The number of halogens is 3. The van der Waals surface area contributed by atoms with Crippen molar-refractivity contribution in [2.45, 2.75) is 37.6 Å². The van der Waals surface area contributed by atoms with Crippen LogP contribution >= 0.6 is 27.5 Å². The van der Waals surface area contributed by atoms with Crippen LogP contribution in [0.25, 0.3) is 0 Å². The van der Waals surface area contributed by atoms with Gasteiger partial charge in [0.2, 0.25) is 0 Å². The highest BCUT2D eigenvalue weighted by Crippen LogP contribution is 2.29. The van der Waals surface area contributed by atoms with E-state index < -0.39 is 0 Å². The van der Waals surface area contributed by atoms with E-state index in [4.69, 9.17) is 11.6 Å². The summed E-state index contributed by atoms with van der Waals surface area (Å²) in [4.78, 5) is 12.2. The lowest BCUT2D eigenvalue weighted by atomic mass is 9.83. The van der Waals surface area contributed by atoms with Crippen LogP contribution in [-0.2, 0) is 0 Å². The van der Waals surface area contributed by atoms with Crippen LogP contribution in [0.1, 0.15) is 42.5 Å². The summed E-state index contributed by atoms with van der Waals surface area (Å²) in [5.74, 6) is -0.147. The number of hydrogen-bond acceptors (Lipinski definition) is 1. The van der Waals surface area contributed by atoms with E-state index in [2.05, 4.69) is 21.2 Å². The van der Waals surface area contributed by atoms with Crippen LogP contribution in [0.5, 0.6) is 0 Å². The van der Waals surface area contributed by atoms with Gasteiger partial charge in [-0.05, 0) is 47.0 Å². The Morgan fingerprint density at radius 1 is 1.37 bits per heavy atom. The first-order chi connectivity index (χ1) is 9.06. The quantitative estimate of drug-likeness (QED) is 0.813. The Labute approximate surface area is 125 Å². The number of rotatable bonds is 3. The molecular weight excluding hydrogens is 333 g/mol. The van der Waals surface area contributed by atoms with Crippen molar-refractivity contribution in [1.82, 2.24) is 5.32 Å². The van der Waals surface area contributed by atoms with Gasteiger partial charge in [-0.1, -0.05) is 19.3 Å². The lowest BCUT2D eigenvalue weighted by Crippen LogP contribution is -2.51. The van der Waals surface area contributed by atoms with Gasteiger partial charge in [0.25, 0.3) is 5.91 Å². The minimum absolute atomic E-state index is 0.191. The van der Waals surface area contributed by atoms with Crippen molar-refractivity contribution >= 4 is 33.4 Å². The van der Waals surface area contributed by atoms with Crippen molar-refractivity contribution in [2.24, 2.45) is 0 Å². The first-order valence-electron chi connectivity index (χ1n) is 6.40. The number of carbonyl (C=O) groups excluding carboxylic acids is 1. The molecule has 1 aromatic rings. The molecule has 5 heteroatoms. The van der Waals surface area contributed by atoms with Crippen molar-refractivity contribution in [3.8, 4) is 0 Å². The summed E-state index contributed by atoms with van der Waals surface area (Å²) >= 11 is 9.13. The lowest BCUT2D eigenvalue weighted by Gasteiger charge is -2.36. The third-order valence-corrected chi connectivity index (χ3v) is 4.75. The van der Waals surface area contributed by atoms with Crippen LogP contribution < -0.4 is 5.32 Å². The Morgan fingerprint density at radius 2 is 2.05 bits per heavy atom. The molecule has 1 amide bonds. The third kappa shape index (κ3) is 3.48. The summed E-state index contributed by atoms with van der Waals surface area (Å²) in [6.45, 7) is 0. The maximum Gasteiger partial charge on any atom is 0.251 e. The Balaban J connectivity index is 2.12. The maximum absolute atomic E-state index is 13.2. The van der Waals surface area contributed by atoms with E-state index in [-0.39, 0.29) is 17.3 Å². The molecule has 0 atom stereocenters. The highest BCUT2D eigenvalue weighted by atomic mass is 79.9. The van der Waals surface area contributed by atoms with E-state index in [0.29, 0.717) is 15.9 Å². The molecule has 1 N–H and O–H groups in total. The zero-order chi connectivity index (χ0) is 13.9. The van der Waals surface area contributed by atoms with E-state index in [1.54, 1.807) is 0 Å². The van der Waals surface area contributed by atoms with Crippen LogP contribution in [0.3, 0.4) is 0 Å². The molecule has 1 fully saturated rings. The third-order valence-electron chi connectivity index (χ3n) is 3.63. The molecule has 0 unspecified atom stereocenters. The number of hydrogen-bond donors (Lipinski definition) is 1. The molecule has 0 spiro atoms. The molecule has 0 saturated heterocycles. The highest BCUT2D eigenvalue weighted by Gasteiger charge is 2.32. The summed E-state index contributed by atoms with van der Waals surface area (Å²) in [6, 6.07) is 4.27. The molecule has 0 aliphatic heterocycles. The molecule has 0 heterocycles. The van der Waals surface area contributed by atoms with Gasteiger partial charge in [0.1, 0.15) is 5.82 Å². The van der Waals surface area contributed by atoms with Crippen LogP contribution in [0.4, 0.5) is 4.39 Å². The Kier molecular flexibility index (Phi) is 4.85. The molecule has 104 valence electrons. The molecule has 1 aliphatic carbocycles. The number of benzene rings is 1. The predicted octanol–water partition coefficient (Wildman–Crippen LogP) is 4.26. The summed E-state index contributed by atoms with van der Waals surface area (Å²) < 4.78 is 13.5. The van der Waals surface area contributed by atoms with Crippen molar-refractivity contribution in [3.63, 3.8) is 0 Å². The second-order valence-corrected chi connectivity index (χ2v) is 6.18. The van der Waals surface area contributed by atoms with Gasteiger partial charge in [-0.15, -0.1) is 11.6 Å². The topological polar surface area (TPSA) is 29.1 Å². The van der Waals surface area contributed by atoms with Crippen molar-refractivity contribution in [3.05, 3.63) is 34.1 Å². The SMILES string of the molecule is O=C(NC1(CCl)CCCCC1)c1ccc(F)c(Br)c1. The summed E-state index contributed by atoms with van der Waals surface area (Å²) in [7, 11) is 0. The van der Waals surface area contributed by atoms with Crippen LogP contribution in [0, 0.1) is 5.82 Å². The molecule has 0 aromatic heterocycles. The van der Waals surface area contributed by atoms with Gasteiger partial charge >= 0.3 is 0 Å². The molecule has 1 aromatic carbocycles. The van der Waals surface area contributed by atoms with Crippen molar-refractivity contribution in [1.29, 1.82) is 0 Å². The Morgan fingerprint density at radius 3 is 2.63 bits per heavy atom. The maximum atomic E-state index is 13.2. The van der Waals surface area contributed by atoms with Crippen LogP contribution in [0.2, 0.25) is 0 Å². The van der Waals surface area contributed by atoms with E-state index in [1.165, 1.54) is 24.6 Å². The average Bonchev–Trinajstić information content (AvgIpc) is 2.43. The van der Waals surface area contributed by atoms with E-state index in [9.17, 15) is 9.18 Å². The minimum Gasteiger partial charge on any atom is -0.345 e. The van der Waals surface area contributed by atoms with Crippen LogP contribution in [-0.4, -0.2) is 17.3 Å². The molecule has 2 nitrogen and oxygen atoms in total. The van der Waals surface area contributed by atoms with E-state index in [1.807, 2.05) is 0 Å². The number of alkyl halides is 1. The first-order valence-corrected chi connectivity index (χ1v) is 7.73. The monoisotopic (exact) mass is 347 g/mol. The fourth-order valence-corrected chi connectivity index (χ4v) is 3.18. The number of nitrogens with one attached hydrogen (secondary N) is 1. The Bertz CT molecular complexity index is 475. The van der Waals surface area contributed by atoms with Gasteiger partial charge in [0.15, 0.2) is 0 Å². The second-order valence-electron chi connectivity index (χ2n) is 5.06. The van der Waals surface area contributed by atoms with E-state index >= 15 is 0 Å². The molecule has 2 rings (SSSR count). The van der Waals surface area contributed by atoms with E-state index in [0.717, 1.165) is 25.7 Å². The molecule has 1 aliphatic rings. The van der Waals surface area contributed by atoms with Gasteiger partial charge in [-0.2, -0.15) is 0 Å². The molecular formula is C14H16BrClFNO. The lowest BCUT2D eigenvalue weighted by molar-refractivity contribution is 0.0884. The van der Waals surface area contributed by atoms with Crippen molar-refractivity contribution < 1.29 is 9.18 Å². The largest absolute Gasteiger partial charge is 0.345 e. The zero-order valence-corrected chi connectivity index (χ0v) is 12.9. The average molecular weight is 349 g/mol. The Hall–Kier alpha value is -0.610. The summed E-state index contributed by atoms with van der Waals surface area (Å²) in [5, 5.41) is 3.03. The number of amides is 1. The second kappa shape index (κ2) is 6.23. The van der Waals surface area contributed by atoms with Crippen molar-refractivity contribution in [2.75, 3.05) is 5.88 Å². The summed E-state index contributed by atoms with van der Waals surface area (Å²) in [6.07, 6.45) is 5.17. The van der Waals surface area contributed by atoms with Gasteiger partial charge in [0.05, 0.1) is 10.0 Å². The van der Waals surface area contributed by atoms with Gasteiger partial charge in [-0.25, -0.2) is 4.39 Å². The minimum atomic E-state index is -0.374. The zero-order valence-electron chi connectivity index (χ0n) is 10.5. The number of carbonyl (C=O) groups is 1. The van der Waals surface area contributed by atoms with Crippen LogP contribution in [0.15, 0.2) is 22.7 Å². The highest BCUT2D eigenvalue weighted by molar-refractivity contribution is 9.10. The standard InChI is InChI=1S/C14H16BrClFNO/c15-11-8-10(4-5-12(11)17)13(19)18-14(9-16)6-2-1-3-7-14/h4-5,8H,1-3,6-7,9H2,(H,18,19). The molecule has 19 heavy (non-hydrogen) atoms. The van der Waals surface area contributed by atoms with Gasteiger partial charge in [-0.3, -0.25) is 4.79 Å². The molecule has 0 radical (unpaired) electrons. The smallest absolute Gasteiger partial charge is 0.251 e. The first kappa shape index (κ1) is 14.8. The van der Waals surface area contributed by atoms with Gasteiger partial charge in [0, 0.05) is 11.4 Å². The molecule has 0 bridgehead atoms. The normalized spacial score (nSPS) is 18.1. The predicted molar refractivity (Wildman–Crippen MR) is 78.1 cm³/mol. The fourth-order valence-electron chi connectivity index (χ4n) is 2.47.